The molecule has 2 aromatic carbocycles. The molecule has 1 saturated heterocycles. The Morgan fingerprint density at radius 1 is 1.25 bits per heavy atom. The second kappa shape index (κ2) is 8.51. The highest BCUT2D eigenvalue weighted by molar-refractivity contribution is 7.89. The van der Waals surface area contributed by atoms with Crippen LogP contribution in [0.1, 0.15) is 24.0 Å². The average Bonchev–Trinajstić information content (AvgIpc) is 3.19. The van der Waals surface area contributed by atoms with Crippen LogP contribution in [0.2, 0.25) is 5.02 Å². The topological polar surface area (TPSA) is 72.9 Å². The summed E-state index contributed by atoms with van der Waals surface area (Å²) in [5.74, 6) is -0.354. The minimum atomic E-state index is -3.99. The van der Waals surface area contributed by atoms with Gasteiger partial charge in [0.2, 0.25) is 10.0 Å². The van der Waals surface area contributed by atoms with Crippen molar-refractivity contribution >= 4 is 27.6 Å². The first-order chi connectivity index (χ1) is 13.3. The predicted molar refractivity (Wildman–Crippen MR) is 106 cm³/mol. The summed E-state index contributed by atoms with van der Waals surface area (Å²) in [4.78, 5) is 12.0. The summed E-state index contributed by atoms with van der Waals surface area (Å²) >= 11 is 6.21. The molecule has 1 heterocycles. The van der Waals surface area contributed by atoms with Crippen molar-refractivity contribution in [3.8, 4) is 5.75 Å². The van der Waals surface area contributed by atoms with E-state index in [0.29, 0.717) is 23.4 Å². The molecule has 1 aliphatic rings. The van der Waals surface area contributed by atoms with E-state index in [1.807, 2.05) is 30.3 Å². The first-order valence-corrected chi connectivity index (χ1v) is 10.7. The maximum absolute atomic E-state index is 13.3. The highest BCUT2D eigenvalue weighted by Crippen LogP contribution is 2.35. The van der Waals surface area contributed by atoms with Crippen LogP contribution in [-0.2, 0) is 26.2 Å². The molecule has 1 fully saturated rings. The molecule has 0 bridgehead atoms. The zero-order chi connectivity index (χ0) is 20.3. The lowest BCUT2D eigenvalue weighted by molar-refractivity contribution is -0.144. The Hall–Kier alpha value is -2.09. The third kappa shape index (κ3) is 4.16. The van der Waals surface area contributed by atoms with Crippen molar-refractivity contribution in [2.45, 2.75) is 37.3 Å². The van der Waals surface area contributed by atoms with E-state index in [-0.39, 0.29) is 23.8 Å². The Morgan fingerprint density at radius 3 is 2.64 bits per heavy atom. The summed E-state index contributed by atoms with van der Waals surface area (Å²) in [5.41, 5.74) is 1.61. The Kier molecular flexibility index (Phi) is 6.27. The quantitative estimate of drug-likeness (QED) is 0.664. The number of aryl methyl sites for hydroxylation is 1. The largest absolute Gasteiger partial charge is 0.487 e. The summed E-state index contributed by atoms with van der Waals surface area (Å²) < 4.78 is 38.5. The molecule has 0 radical (unpaired) electrons. The molecule has 0 saturated carbocycles. The molecule has 8 heteroatoms. The lowest BCUT2D eigenvalue weighted by Gasteiger charge is -2.24. The van der Waals surface area contributed by atoms with Gasteiger partial charge in [0.15, 0.2) is 0 Å². The summed E-state index contributed by atoms with van der Waals surface area (Å²) in [6.07, 6.45) is 1.00. The number of ether oxygens (including phenoxy) is 2. The van der Waals surface area contributed by atoms with Gasteiger partial charge in [0, 0.05) is 11.6 Å². The molecule has 28 heavy (non-hydrogen) atoms. The van der Waals surface area contributed by atoms with E-state index in [1.165, 1.54) is 17.5 Å². The van der Waals surface area contributed by atoms with E-state index in [9.17, 15) is 13.2 Å². The van der Waals surface area contributed by atoms with Gasteiger partial charge in [-0.15, -0.1) is 0 Å². The van der Waals surface area contributed by atoms with E-state index in [1.54, 1.807) is 13.0 Å². The maximum atomic E-state index is 13.3. The second-order valence-corrected chi connectivity index (χ2v) is 8.89. The monoisotopic (exact) mass is 423 g/mol. The number of hydrogen-bond acceptors (Lipinski definition) is 5. The highest BCUT2D eigenvalue weighted by Gasteiger charge is 2.41. The van der Waals surface area contributed by atoms with Crippen molar-refractivity contribution in [1.29, 1.82) is 0 Å². The summed E-state index contributed by atoms with van der Waals surface area (Å²) in [6.45, 7) is 2.23. The molecule has 150 valence electrons. The van der Waals surface area contributed by atoms with Crippen LogP contribution in [0.4, 0.5) is 0 Å². The zero-order valence-corrected chi connectivity index (χ0v) is 17.3. The first kappa shape index (κ1) is 20.6. The minimum absolute atomic E-state index is 0.0464. The number of carbonyl (C=O) groups excluding carboxylic acids is 1. The standard InChI is InChI=1S/C20H22ClNO5S/c1-14-11-18(27-13-15-7-4-3-5-8-15)19(12-16(14)21)28(24,25)22-10-6-9-17(22)20(23)26-2/h3-5,7-8,11-12,17H,6,9-10,13H2,1-2H3/t17-/m0/s1. The number of sulfonamides is 1. The zero-order valence-electron chi connectivity index (χ0n) is 15.7. The van der Waals surface area contributed by atoms with Gasteiger partial charge in [-0.3, -0.25) is 4.79 Å². The van der Waals surface area contributed by atoms with E-state index < -0.39 is 22.0 Å². The smallest absolute Gasteiger partial charge is 0.324 e. The molecule has 1 aliphatic heterocycles. The molecule has 0 amide bonds. The number of nitrogens with zero attached hydrogens (tertiary/aromatic N) is 1. The predicted octanol–water partition coefficient (Wildman–Crippen LogP) is 3.55. The second-order valence-electron chi connectivity index (χ2n) is 6.62. The number of esters is 1. The Labute approximate surface area is 170 Å². The average molecular weight is 424 g/mol. The van der Waals surface area contributed by atoms with Crippen molar-refractivity contribution in [2.75, 3.05) is 13.7 Å². The molecule has 0 aliphatic carbocycles. The fraction of sp³-hybridized carbons (Fsp3) is 0.350. The molecular weight excluding hydrogens is 402 g/mol. The normalized spacial score (nSPS) is 17.5. The van der Waals surface area contributed by atoms with Crippen LogP contribution in [0, 0.1) is 6.92 Å². The highest BCUT2D eigenvalue weighted by atomic mass is 35.5. The van der Waals surface area contributed by atoms with Crippen molar-refractivity contribution in [3.63, 3.8) is 0 Å². The summed E-state index contributed by atoms with van der Waals surface area (Å²) in [5, 5.41) is 0.319. The van der Waals surface area contributed by atoms with Crippen LogP contribution in [0.15, 0.2) is 47.4 Å². The minimum Gasteiger partial charge on any atom is -0.487 e. The van der Waals surface area contributed by atoms with E-state index >= 15 is 0 Å². The van der Waals surface area contributed by atoms with Crippen LogP contribution in [0.25, 0.3) is 0 Å². The lowest BCUT2D eigenvalue weighted by atomic mass is 10.2. The summed E-state index contributed by atoms with van der Waals surface area (Å²) in [6, 6.07) is 11.6. The first-order valence-electron chi connectivity index (χ1n) is 8.91. The van der Waals surface area contributed by atoms with Crippen LogP contribution >= 0.6 is 11.6 Å². The van der Waals surface area contributed by atoms with Gasteiger partial charge < -0.3 is 9.47 Å². The van der Waals surface area contributed by atoms with Gasteiger partial charge in [-0.1, -0.05) is 41.9 Å². The van der Waals surface area contributed by atoms with Gasteiger partial charge in [0.05, 0.1) is 7.11 Å². The van der Waals surface area contributed by atoms with Crippen LogP contribution in [0.3, 0.4) is 0 Å². The number of benzene rings is 2. The number of methoxy groups -OCH3 is 1. The molecule has 0 N–H and O–H groups in total. The Morgan fingerprint density at radius 2 is 1.96 bits per heavy atom. The third-order valence-corrected chi connectivity index (χ3v) is 7.06. The molecule has 2 aromatic rings. The lowest BCUT2D eigenvalue weighted by Crippen LogP contribution is -2.41. The van der Waals surface area contributed by atoms with Gasteiger partial charge in [-0.25, -0.2) is 8.42 Å². The molecule has 0 spiro atoms. The molecule has 3 rings (SSSR count). The molecule has 0 aromatic heterocycles. The Balaban J connectivity index is 1.97. The SMILES string of the molecule is COC(=O)[C@@H]1CCCN1S(=O)(=O)c1cc(Cl)c(C)cc1OCc1ccccc1. The van der Waals surface area contributed by atoms with E-state index in [2.05, 4.69) is 0 Å². The van der Waals surface area contributed by atoms with Crippen LogP contribution in [-0.4, -0.2) is 38.4 Å². The molecular formula is C20H22ClNO5S. The summed E-state index contributed by atoms with van der Waals surface area (Å²) in [7, 11) is -2.74. The Bertz CT molecular complexity index is 962. The number of carbonyl (C=O) groups is 1. The van der Waals surface area contributed by atoms with Gasteiger partial charge in [0.1, 0.15) is 23.3 Å². The maximum Gasteiger partial charge on any atom is 0.324 e. The molecule has 1 atom stereocenters. The fourth-order valence-corrected chi connectivity index (χ4v) is 5.23. The van der Waals surface area contributed by atoms with Crippen LogP contribution in [0.5, 0.6) is 5.75 Å². The van der Waals surface area contributed by atoms with Gasteiger partial charge in [-0.2, -0.15) is 4.31 Å². The fourth-order valence-electron chi connectivity index (χ4n) is 3.21. The van der Waals surface area contributed by atoms with E-state index in [0.717, 1.165) is 5.56 Å². The number of halogens is 1. The van der Waals surface area contributed by atoms with Gasteiger partial charge >= 0.3 is 5.97 Å². The molecule has 6 nitrogen and oxygen atoms in total. The van der Waals surface area contributed by atoms with Crippen molar-refractivity contribution in [3.05, 3.63) is 58.6 Å². The third-order valence-electron chi connectivity index (χ3n) is 4.73. The molecule has 0 unspecified atom stereocenters. The number of rotatable bonds is 6. The number of hydrogen-bond donors (Lipinski definition) is 0. The van der Waals surface area contributed by atoms with E-state index in [4.69, 9.17) is 21.1 Å². The van der Waals surface area contributed by atoms with Crippen molar-refractivity contribution < 1.29 is 22.7 Å². The van der Waals surface area contributed by atoms with Gasteiger partial charge in [0.25, 0.3) is 0 Å². The van der Waals surface area contributed by atoms with Gasteiger partial charge in [-0.05, 0) is 43.0 Å². The van der Waals surface area contributed by atoms with Crippen molar-refractivity contribution in [1.82, 2.24) is 4.31 Å². The van der Waals surface area contributed by atoms with Crippen molar-refractivity contribution in [2.24, 2.45) is 0 Å². The van der Waals surface area contributed by atoms with Crippen LogP contribution < -0.4 is 4.74 Å².